The van der Waals surface area contributed by atoms with Crippen molar-refractivity contribution >= 4 is 27.5 Å². The lowest BCUT2D eigenvalue weighted by atomic mass is 9.83. The molecule has 0 saturated heterocycles. The van der Waals surface area contributed by atoms with E-state index in [-0.39, 0.29) is 0 Å². The molecule has 0 unspecified atom stereocenters. The Labute approximate surface area is 339 Å². The van der Waals surface area contributed by atoms with E-state index < -0.39 is 0 Å². The van der Waals surface area contributed by atoms with Crippen LogP contribution in [0.25, 0.3) is 94.3 Å². The molecular formula is C56H40N2. The number of benzene rings is 9. The molecule has 0 amide bonds. The second kappa shape index (κ2) is 14.0. The van der Waals surface area contributed by atoms with Gasteiger partial charge < -0.3 is 10.3 Å². The summed E-state index contributed by atoms with van der Waals surface area (Å²) >= 11 is 0. The van der Waals surface area contributed by atoms with Gasteiger partial charge in [-0.2, -0.15) is 0 Å². The van der Waals surface area contributed by atoms with Gasteiger partial charge in [0.05, 0.1) is 11.0 Å². The second-order valence-electron chi connectivity index (χ2n) is 15.5. The number of anilines is 1. The Hall–Kier alpha value is -7.42. The molecule has 1 heterocycles. The average Bonchev–Trinajstić information content (AvgIpc) is 3.61. The SMILES string of the molecule is Nc1ccc(-c2cccc(-c3ccccc3)c2)cc1-c1ccc2c(c1)CCc1cc3c4cc(-c5cccc(-c6ccccc6)c5)ccc4n(-c4ccccc4)c3cc1-2. The summed E-state index contributed by atoms with van der Waals surface area (Å²) in [6.45, 7) is 0. The van der Waals surface area contributed by atoms with Crippen LogP contribution in [0.3, 0.4) is 0 Å². The van der Waals surface area contributed by atoms with Gasteiger partial charge in [-0.25, -0.2) is 0 Å². The molecule has 0 bridgehead atoms. The fourth-order valence-electron chi connectivity index (χ4n) is 9.11. The van der Waals surface area contributed by atoms with E-state index in [0.717, 1.165) is 40.9 Å². The maximum atomic E-state index is 6.72. The highest BCUT2D eigenvalue weighted by Gasteiger charge is 2.22. The fourth-order valence-corrected chi connectivity index (χ4v) is 9.11. The molecule has 0 atom stereocenters. The number of hydrogen-bond acceptors (Lipinski definition) is 1. The molecule has 1 aliphatic rings. The molecule has 2 N–H and O–H groups in total. The highest BCUT2D eigenvalue weighted by molar-refractivity contribution is 6.12. The van der Waals surface area contributed by atoms with Gasteiger partial charge in [0, 0.05) is 27.7 Å². The summed E-state index contributed by atoms with van der Waals surface area (Å²) in [5, 5.41) is 2.56. The smallest absolute Gasteiger partial charge is 0.0547 e. The van der Waals surface area contributed by atoms with Crippen LogP contribution in [-0.4, -0.2) is 4.57 Å². The number of aryl methyl sites for hydroxylation is 2. The Morgan fingerprint density at radius 1 is 0.310 bits per heavy atom. The summed E-state index contributed by atoms with van der Waals surface area (Å²) in [5.41, 5.74) is 28.4. The Morgan fingerprint density at radius 2 is 0.810 bits per heavy atom. The molecule has 2 nitrogen and oxygen atoms in total. The first-order valence-electron chi connectivity index (χ1n) is 20.2. The van der Waals surface area contributed by atoms with Gasteiger partial charge >= 0.3 is 0 Å². The molecule has 1 aromatic heterocycles. The van der Waals surface area contributed by atoms with E-state index in [1.54, 1.807) is 0 Å². The molecule has 1 aliphatic carbocycles. The summed E-state index contributed by atoms with van der Waals surface area (Å²) in [4.78, 5) is 0. The number of nitrogens with zero attached hydrogens (tertiary/aromatic N) is 1. The minimum absolute atomic E-state index is 0.791. The van der Waals surface area contributed by atoms with Crippen LogP contribution in [-0.2, 0) is 12.8 Å². The zero-order valence-corrected chi connectivity index (χ0v) is 32.1. The van der Waals surface area contributed by atoms with Crippen LogP contribution in [0.2, 0.25) is 0 Å². The van der Waals surface area contributed by atoms with Crippen molar-refractivity contribution in [2.45, 2.75) is 12.8 Å². The lowest BCUT2D eigenvalue weighted by Gasteiger charge is -2.22. The molecule has 0 radical (unpaired) electrons. The highest BCUT2D eigenvalue weighted by atomic mass is 15.0. The second-order valence-corrected chi connectivity index (χ2v) is 15.5. The lowest BCUT2D eigenvalue weighted by Crippen LogP contribution is -2.05. The maximum absolute atomic E-state index is 6.72. The van der Waals surface area contributed by atoms with Gasteiger partial charge in [0.15, 0.2) is 0 Å². The molecule has 9 aromatic carbocycles. The van der Waals surface area contributed by atoms with Gasteiger partial charge in [0.1, 0.15) is 0 Å². The summed E-state index contributed by atoms with van der Waals surface area (Å²) in [5.74, 6) is 0. The van der Waals surface area contributed by atoms with Crippen molar-refractivity contribution in [3.8, 4) is 72.4 Å². The number of aromatic nitrogens is 1. The van der Waals surface area contributed by atoms with Crippen LogP contribution in [0, 0.1) is 0 Å². The van der Waals surface area contributed by atoms with Crippen molar-refractivity contribution in [1.29, 1.82) is 0 Å². The quantitative estimate of drug-likeness (QED) is 0.169. The third-order valence-corrected chi connectivity index (χ3v) is 12.0. The first kappa shape index (κ1) is 33.9. The van der Waals surface area contributed by atoms with Crippen LogP contribution in [0.1, 0.15) is 11.1 Å². The third kappa shape index (κ3) is 5.90. The molecule has 58 heavy (non-hydrogen) atoms. The Balaban J connectivity index is 1.00. The van der Waals surface area contributed by atoms with Gasteiger partial charge in [0.25, 0.3) is 0 Å². The maximum Gasteiger partial charge on any atom is 0.0547 e. The normalized spacial score (nSPS) is 12.1. The minimum Gasteiger partial charge on any atom is -0.398 e. The Kier molecular flexibility index (Phi) is 8.15. The van der Waals surface area contributed by atoms with Crippen molar-refractivity contribution in [3.05, 3.63) is 217 Å². The standard InChI is InChI=1S/C56H40N2/c57-54-28-25-43(41-18-10-16-39(30-41)37-12-4-1-5-13-37)33-51(54)46-24-27-49-45(32-46)22-23-47-35-53-52-34-44(42-19-11-17-40(31-42)38-14-6-2-7-15-38)26-29-55(52)58(56(53)36-50(47)49)48-20-8-3-9-21-48/h1-21,24-36H,22-23,57H2. The van der Waals surface area contributed by atoms with E-state index in [1.165, 1.54) is 83.0 Å². The summed E-state index contributed by atoms with van der Waals surface area (Å²) in [7, 11) is 0. The molecule has 0 spiro atoms. The van der Waals surface area contributed by atoms with Gasteiger partial charge in [0.2, 0.25) is 0 Å². The van der Waals surface area contributed by atoms with Crippen molar-refractivity contribution in [2.24, 2.45) is 0 Å². The van der Waals surface area contributed by atoms with Crippen LogP contribution in [0.15, 0.2) is 206 Å². The van der Waals surface area contributed by atoms with E-state index in [9.17, 15) is 0 Å². The van der Waals surface area contributed by atoms with Crippen molar-refractivity contribution in [2.75, 3.05) is 5.73 Å². The minimum atomic E-state index is 0.791. The van der Waals surface area contributed by atoms with Gasteiger partial charge in [-0.1, -0.05) is 146 Å². The number of hydrogen-bond donors (Lipinski definition) is 1. The van der Waals surface area contributed by atoms with Crippen LogP contribution >= 0.6 is 0 Å². The predicted molar refractivity (Wildman–Crippen MR) is 245 cm³/mol. The highest BCUT2D eigenvalue weighted by Crippen LogP contribution is 2.43. The number of rotatable bonds is 6. The zero-order valence-electron chi connectivity index (χ0n) is 32.1. The summed E-state index contributed by atoms with van der Waals surface area (Å²) < 4.78 is 2.44. The molecule has 2 heteroatoms. The molecule has 10 aromatic rings. The largest absolute Gasteiger partial charge is 0.398 e. The Morgan fingerprint density at radius 3 is 1.47 bits per heavy atom. The van der Waals surface area contributed by atoms with Crippen LogP contribution in [0.4, 0.5) is 5.69 Å². The zero-order chi connectivity index (χ0) is 38.6. The van der Waals surface area contributed by atoms with E-state index in [1.807, 2.05) is 0 Å². The summed E-state index contributed by atoms with van der Waals surface area (Å²) in [6.07, 6.45) is 1.97. The number of fused-ring (bicyclic) bond motifs is 6. The Bertz CT molecular complexity index is 3160. The van der Waals surface area contributed by atoms with Gasteiger partial charge in [-0.05, 0) is 146 Å². The number of nitrogens with two attached hydrogens (primary N) is 1. The number of nitrogen functional groups attached to an aromatic ring is 1. The van der Waals surface area contributed by atoms with E-state index >= 15 is 0 Å². The van der Waals surface area contributed by atoms with Gasteiger partial charge in [-0.3, -0.25) is 0 Å². The molecule has 0 fully saturated rings. The van der Waals surface area contributed by atoms with E-state index in [0.29, 0.717) is 0 Å². The van der Waals surface area contributed by atoms with Crippen LogP contribution < -0.4 is 5.73 Å². The summed E-state index contributed by atoms with van der Waals surface area (Å²) in [6, 6.07) is 75.0. The average molecular weight is 741 g/mol. The topological polar surface area (TPSA) is 30.9 Å². The van der Waals surface area contributed by atoms with Crippen molar-refractivity contribution in [1.82, 2.24) is 4.57 Å². The van der Waals surface area contributed by atoms with Gasteiger partial charge in [-0.15, -0.1) is 0 Å². The predicted octanol–water partition coefficient (Wildman–Crippen LogP) is 14.5. The molecule has 11 rings (SSSR count). The van der Waals surface area contributed by atoms with Crippen molar-refractivity contribution < 1.29 is 0 Å². The van der Waals surface area contributed by atoms with Crippen molar-refractivity contribution in [3.63, 3.8) is 0 Å². The fraction of sp³-hybridized carbons (Fsp3) is 0.0357. The van der Waals surface area contributed by atoms with E-state index in [2.05, 4.69) is 211 Å². The third-order valence-electron chi connectivity index (χ3n) is 12.0. The monoisotopic (exact) mass is 740 g/mol. The van der Waals surface area contributed by atoms with E-state index in [4.69, 9.17) is 5.73 Å². The first-order valence-corrected chi connectivity index (χ1v) is 20.2. The number of para-hydroxylation sites is 1. The molecule has 0 aliphatic heterocycles. The lowest BCUT2D eigenvalue weighted by molar-refractivity contribution is 0.944. The molecule has 274 valence electrons. The van der Waals surface area contributed by atoms with Crippen LogP contribution in [0.5, 0.6) is 0 Å². The molecular weight excluding hydrogens is 701 g/mol. The first-order chi connectivity index (χ1) is 28.6. The molecule has 0 saturated carbocycles.